The van der Waals surface area contributed by atoms with E-state index in [2.05, 4.69) is 46.0 Å². The fourth-order valence-corrected chi connectivity index (χ4v) is 6.37. The summed E-state index contributed by atoms with van der Waals surface area (Å²) < 4.78 is 13.0. The Balaban J connectivity index is 1.35. The molecule has 1 aliphatic rings. The van der Waals surface area contributed by atoms with Crippen LogP contribution >= 0.6 is 34.4 Å². The van der Waals surface area contributed by atoms with E-state index in [1.54, 1.807) is 34.4 Å². The van der Waals surface area contributed by atoms with Crippen LogP contribution in [0, 0.1) is 6.92 Å². The van der Waals surface area contributed by atoms with E-state index in [-0.39, 0.29) is 6.79 Å². The van der Waals surface area contributed by atoms with E-state index in [1.807, 2.05) is 24.3 Å². The van der Waals surface area contributed by atoms with Gasteiger partial charge in [-0.1, -0.05) is 24.8 Å². The van der Waals surface area contributed by atoms with E-state index >= 15 is 0 Å². The van der Waals surface area contributed by atoms with Crippen molar-refractivity contribution in [1.82, 2.24) is 19.7 Å². The molecule has 0 saturated heterocycles. The molecule has 0 atom stereocenters. The first-order valence-electron chi connectivity index (χ1n) is 10.3. The topological polar surface area (TPSA) is 62.1 Å². The molecule has 0 spiro atoms. The van der Waals surface area contributed by atoms with Crippen molar-refractivity contribution in [3.05, 3.63) is 57.7 Å². The number of rotatable bonds is 8. The van der Waals surface area contributed by atoms with E-state index in [9.17, 15) is 0 Å². The second kappa shape index (κ2) is 9.09. The average molecular weight is 483 g/mol. The van der Waals surface area contributed by atoms with Gasteiger partial charge in [0.1, 0.15) is 5.01 Å². The largest absolute Gasteiger partial charge is 0.454 e. The van der Waals surface area contributed by atoms with Crippen molar-refractivity contribution in [2.75, 3.05) is 6.79 Å². The smallest absolute Gasteiger partial charge is 0.231 e. The number of allylic oxidation sites excluding steroid dienone is 1. The van der Waals surface area contributed by atoms with Crippen LogP contribution in [0.2, 0.25) is 0 Å². The summed E-state index contributed by atoms with van der Waals surface area (Å²) in [7, 11) is 0. The lowest BCUT2D eigenvalue weighted by atomic mass is 10.1. The minimum Gasteiger partial charge on any atom is -0.454 e. The maximum Gasteiger partial charge on any atom is 0.231 e. The third kappa shape index (κ3) is 3.96. The van der Waals surface area contributed by atoms with Gasteiger partial charge in [-0.3, -0.25) is 4.57 Å². The number of aryl methyl sites for hydroxylation is 1. The summed E-state index contributed by atoms with van der Waals surface area (Å²) in [5.41, 5.74) is 4.57. The Morgan fingerprint density at radius 1 is 1.19 bits per heavy atom. The summed E-state index contributed by atoms with van der Waals surface area (Å²) in [6.45, 7) is 9.22. The van der Waals surface area contributed by atoms with Gasteiger partial charge in [-0.05, 0) is 37.1 Å². The van der Waals surface area contributed by atoms with Gasteiger partial charge in [0.25, 0.3) is 0 Å². The molecule has 0 unspecified atom stereocenters. The SMILES string of the molecule is C=CCn1c(SCc2csc(-c3ccc4c(c3)OCO4)n2)nnc1-c1csc(C)c1CC. The molecule has 164 valence electrons. The van der Waals surface area contributed by atoms with Gasteiger partial charge in [0.05, 0.1) is 5.69 Å². The molecule has 0 radical (unpaired) electrons. The van der Waals surface area contributed by atoms with Gasteiger partial charge in [-0.15, -0.1) is 39.4 Å². The van der Waals surface area contributed by atoms with Gasteiger partial charge in [-0.25, -0.2) is 4.98 Å². The quantitative estimate of drug-likeness (QED) is 0.220. The number of hydrogen-bond donors (Lipinski definition) is 0. The minimum absolute atomic E-state index is 0.274. The van der Waals surface area contributed by atoms with Gasteiger partial charge in [0.2, 0.25) is 6.79 Å². The molecular weight excluding hydrogens is 460 g/mol. The van der Waals surface area contributed by atoms with Gasteiger partial charge >= 0.3 is 0 Å². The Labute approximate surface area is 199 Å². The lowest BCUT2D eigenvalue weighted by Gasteiger charge is -2.08. The van der Waals surface area contributed by atoms with E-state index in [0.717, 1.165) is 50.9 Å². The second-order valence-corrected chi connectivity index (χ2v) is 10.1. The van der Waals surface area contributed by atoms with Gasteiger partial charge in [0, 0.05) is 39.1 Å². The number of thiazole rings is 1. The number of benzene rings is 1. The molecule has 9 heteroatoms. The van der Waals surface area contributed by atoms with Crippen molar-refractivity contribution >= 4 is 34.4 Å². The summed E-state index contributed by atoms with van der Waals surface area (Å²) in [4.78, 5) is 6.15. The number of ether oxygens (including phenoxy) is 2. The standard InChI is InChI=1S/C23H22N4O2S3/c1-4-8-27-21(18-12-30-14(3)17(18)5-2)25-26-23(27)32-11-16-10-31-22(24-16)15-6-7-19-20(9-15)29-13-28-19/h4,6-7,9-10,12H,1,5,8,11,13H2,2-3H3. The first kappa shape index (κ1) is 21.2. The Morgan fingerprint density at radius 2 is 2.06 bits per heavy atom. The number of thiophene rings is 1. The predicted octanol–water partition coefficient (Wildman–Crippen LogP) is 6.21. The normalized spacial score (nSPS) is 12.4. The fraction of sp³-hybridized carbons (Fsp3) is 0.261. The molecular formula is C23H22N4O2S3. The molecule has 0 N–H and O–H groups in total. The van der Waals surface area contributed by atoms with E-state index in [4.69, 9.17) is 14.5 Å². The van der Waals surface area contributed by atoms with Crippen molar-refractivity contribution in [2.45, 2.75) is 37.7 Å². The molecule has 1 aliphatic heterocycles. The van der Waals surface area contributed by atoms with Crippen LogP contribution in [0.5, 0.6) is 11.5 Å². The summed E-state index contributed by atoms with van der Waals surface area (Å²) in [6.07, 6.45) is 2.87. The third-order valence-corrected chi connectivity index (χ3v) is 8.14. The zero-order valence-electron chi connectivity index (χ0n) is 17.8. The van der Waals surface area contributed by atoms with Gasteiger partial charge in [-0.2, -0.15) is 0 Å². The molecule has 0 amide bonds. The Kier molecular flexibility index (Phi) is 6.03. The monoisotopic (exact) mass is 482 g/mol. The number of fused-ring (bicyclic) bond motifs is 1. The number of hydrogen-bond acceptors (Lipinski definition) is 8. The van der Waals surface area contributed by atoms with Crippen LogP contribution in [0.4, 0.5) is 0 Å². The van der Waals surface area contributed by atoms with E-state index in [0.29, 0.717) is 6.54 Å². The summed E-state index contributed by atoms with van der Waals surface area (Å²) in [5, 5.41) is 15.2. The van der Waals surface area contributed by atoms with Crippen LogP contribution in [0.15, 0.2) is 46.8 Å². The zero-order chi connectivity index (χ0) is 22.1. The highest BCUT2D eigenvalue weighted by Gasteiger charge is 2.19. The number of thioether (sulfide) groups is 1. The average Bonchev–Trinajstić information content (AvgIpc) is 3.58. The van der Waals surface area contributed by atoms with Crippen molar-refractivity contribution in [1.29, 1.82) is 0 Å². The molecule has 5 rings (SSSR count). The molecule has 0 fully saturated rings. The maximum atomic E-state index is 5.49. The summed E-state index contributed by atoms with van der Waals surface area (Å²) in [6, 6.07) is 5.94. The molecule has 0 bridgehead atoms. The lowest BCUT2D eigenvalue weighted by molar-refractivity contribution is 0.174. The first-order chi connectivity index (χ1) is 15.7. The van der Waals surface area contributed by atoms with E-state index in [1.165, 1.54) is 16.0 Å². The summed E-state index contributed by atoms with van der Waals surface area (Å²) >= 11 is 5.04. The van der Waals surface area contributed by atoms with E-state index < -0.39 is 0 Å². The van der Waals surface area contributed by atoms with Crippen molar-refractivity contribution in [3.63, 3.8) is 0 Å². The van der Waals surface area contributed by atoms with Crippen molar-refractivity contribution in [2.24, 2.45) is 0 Å². The molecule has 0 saturated carbocycles. The Morgan fingerprint density at radius 3 is 2.91 bits per heavy atom. The number of nitrogens with zero attached hydrogens (tertiary/aromatic N) is 4. The third-order valence-electron chi connectivity index (χ3n) is 5.25. The zero-order valence-corrected chi connectivity index (χ0v) is 20.3. The Bertz CT molecular complexity index is 1270. The molecule has 0 aliphatic carbocycles. The van der Waals surface area contributed by atoms with Crippen LogP contribution in [-0.4, -0.2) is 26.5 Å². The van der Waals surface area contributed by atoms with Crippen molar-refractivity contribution in [3.8, 4) is 33.5 Å². The lowest BCUT2D eigenvalue weighted by Crippen LogP contribution is -2.01. The predicted molar refractivity (Wildman–Crippen MR) is 131 cm³/mol. The highest BCUT2D eigenvalue weighted by atomic mass is 32.2. The summed E-state index contributed by atoms with van der Waals surface area (Å²) in [5.74, 6) is 3.19. The molecule has 1 aromatic carbocycles. The molecule has 6 nitrogen and oxygen atoms in total. The molecule has 4 aromatic rings. The molecule has 32 heavy (non-hydrogen) atoms. The van der Waals surface area contributed by atoms with Gasteiger partial charge < -0.3 is 9.47 Å². The maximum absolute atomic E-state index is 5.49. The van der Waals surface area contributed by atoms with Crippen LogP contribution < -0.4 is 9.47 Å². The van der Waals surface area contributed by atoms with Crippen LogP contribution in [0.1, 0.15) is 23.1 Å². The van der Waals surface area contributed by atoms with Crippen LogP contribution in [0.25, 0.3) is 22.0 Å². The fourth-order valence-electron chi connectivity index (χ4n) is 3.67. The highest BCUT2D eigenvalue weighted by Crippen LogP contribution is 2.37. The molecule has 4 heterocycles. The first-order valence-corrected chi connectivity index (χ1v) is 13.0. The van der Waals surface area contributed by atoms with Crippen LogP contribution in [-0.2, 0) is 18.7 Å². The van der Waals surface area contributed by atoms with Gasteiger partial charge in [0.15, 0.2) is 22.5 Å². The van der Waals surface area contributed by atoms with Crippen molar-refractivity contribution < 1.29 is 9.47 Å². The minimum atomic E-state index is 0.274. The second-order valence-electron chi connectivity index (χ2n) is 7.24. The van der Waals surface area contributed by atoms with Crippen LogP contribution in [0.3, 0.4) is 0 Å². The highest BCUT2D eigenvalue weighted by molar-refractivity contribution is 7.98. The Hall–Kier alpha value is -2.62. The number of aromatic nitrogens is 4. The molecule has 3 aromatic heterocycles.